The first-order chi connectivity index (χ1) is 12.6. The van der Waals surface area contributed by atoms with Gasteiger partial charge in [-0.1, -0.05) is 6.07 Å². The average Bonchev–Trinajstić information content (AvgIpc) is 2.69. The lowest BCUT2D eigenvalue weighted by Gasteiger charge is -2.27. The van der Waals surface area contributed by atoms with Crippen molar-refractivity contribution in [1.82, 2.24) is 4.90 Å². The van der Waals surface area contributed by atoms with Gasteiger partial charge in [0.2, 0.25) is 0 Å². The number of methoxy groups -OCH3 is 1. The van der Waals surface area contributed by atoms with E-state index < -0.39 is 5.82 Å². The molecule has 7 heteroatoms. The Morgan fingerprint density at radius 3 is 2.54 bits per heavy atom. The fraction of sp³-hybridized carbons (Fsp3) is 0.316. The van der Waals surface area contributed by atoms with Crippen molar-refractivity contribution in [2.75, 3.05) is 33.4 Å². The van der Waals surface area contributed by atoms with Crippen LogP contribution in [0.5, 0.6) is 17.2 Å². The molecule has 1 heterocycles. The van der Waals surface area contributed by atoms with Gasteiger partial charge in [-0.15, -0.1) is 0 Å². The van der Waals surface area contributed by atoms with E-state index in [1.165, 1.54) is 19.2 Å². The number of benzene rings is 2. The Kier molecular flexibility index (Phi) is 5.70. The minimum Gasteiger partial charge on any atom is -0.493 e. The van der Waals surface area contributed by atoms with E-state index in [1.54, 1.807) is 29.2 Å². The van der Waals surface area contributed by atoms with Crippen molar-refractivity contribution >= 4 is 5.91 Å². The molecule has 1 aliphatic rings. The molecule has 2 N–H and O–H groups in total. The zero-order chi connectivity index (χ0) is 18.5. The summed E-state index contributed by atoms with van der Waals surface area (Å²) in [6.07, 6.45) is 0. The third-order valence-electron chi connectivity index (χ3n) is 4.16. The number of morpholine rings is 1. The summed E-state index contributed by atoms with van der Waals surface area (Å²) in [5.74, 6) is 0.0629. The maximum absolute atomic E-state index is 14.2. The quantitative estimate of drug-likeness (QED) is 0.887. The van der Waals surface area contributed by atoms with Crippen molar-refractivity contribution in [3.05, 3.63) is 53.3 Å². The Morgan fingerprint density at radius 1 is 1.15 bits per heavy atom. The van der Waals surface area contributed by atoms with Crippen LogP contribution in [-0.4, -0.2) is 44.2 Å². The van der Waals surface area contributed by atoms with Crippen LogP contribution in [0.1, 0.15) is 15.9 Å². The Morgan fingerprint density at radius 2 is 1.88 bits per heavy atom. The fourth-order valence-electron chi connectivity index (χ4n) is 2.71. The number of carbonyl (C=O) groups is 1. The molecule has 0 radical (unpaired) electrons. The van der Waals surface area contributed by atoms with Crippen LogP contribution >= 0.6 is 0 Å². The predicted molar refractivity (Wildman–Crippen MR) is 94.1 cm³/mol. The second-order valence-corrected chi connectivity index (χ2v) is 5.84. The van der Waals surface area contributed by atoms with Crippen LogP contribution in [0.3, 0.4) is 0 Å². The Balaban J connectivity index is 1.87. The molecule has 0 saturated carbocycles. The molecule has 2 aromatic rings. The van der Waals surface area contributed by atoms with Gasteiger partial charge >= 0.3 is 0 Å². The van der Waals surface area contributed by atoms with E-state index in [0.29, 0.717) is 43.2 Å². The zero-order valence-corrected chi connectivity index (χ0v) is 14.5. The van der Waals surface area contributed by atoms with Crippen molar-refractivity contribution in [2.24, 2.45) is 5.73 Å². The Bertz CT molecular complexity index is 791. The van der Waals surface area contributed by atoms with E-state index in [0.717, 1.165) is 0 Å². The van der Waals surface area contributed by atoms with Crippen LogP contribution < -0.4 is 15.2 Å². The van der Waals surface area contributed by atoms with E-state index in [9.17, 15) is 9.18 Å². The smallest absolute Gasteiger partial charge is 0.254 e. The number of hydrogen-bond acceptors (Lipinski definition) is 5. The monoisotopic (exact) mass is 360 g/mol. The summed E-state index contributed by atoms with van der Waals surface area (Å²) in [4.78, 5) is 14.4. The number of nitrogens with two attached hydrogens (primary N) is 1. The molecule has 3 rings (SSSR count). The number of ether oxygens (including phenoxy) is 3. The zero-order valence-electron chi connectivity index (χ0n) is 14.5. The average molecular weight is 360 g/mol. The van der Waals surface area contributed by atoms with Crippen LogP contribution in [0.4, 0.5) is 4.39 Å². The molecule has 0 aromatic heterocycles. The standard InChI is InChI=1S/C19H21FN2O4/c1-24-17-5-3-14(19(23)22-6-8-25-9-7-22)11-18(17)26-16-4-2-13(12-21)10-15(16)20/h2-5,10-11H,6-9,12,21H2,1H3. The number of amides is 1. The van der Waals surface area contributed by atoms with E-state index in [1.807, 2.05) is 0 Å². The second-order valence-electron chi connectivity index (χ2n) is 5.84. The Hall–Kier alpha value is -2.64. The molecule has 0 bridgehead atoms. The van der Waals surface area contributed by atoms with Crippen LogP contribution in [0.25, 0.3) is 0 Å². The maximum Gasteiger partial charge on any atom is 0.254 e. The van der Waals surface area contributed by atoms with Gasteiger partial charge in [0.05, 0.1) is 20.3 Å². The fourth-order valence-corrected chi connectivity index (χ4v) is 2.71. The third kappa shape index (κ3) is 3.95. The summed E-state index contributed by atoms with van der Waals surface area (Å²) < 4.78 is 30.4. The van der Waals surface area contributed by atoms with Crippen LogP contribution in [0.15, 0.2) is 36.4 Å². The molecule has 1 aliphatic heterocycles. The summed E-state index contributed by atoms with van der Waals surface area (Å²) in [7, 11) is 1.49. The van der Waals surface area contributed by atoms with Gasteiger partial charge in [-0.3, -0.25) is 4.79 Å². The van der Waals surface area contributed by atoms with E-state index in [2.05, 4.69) is 0 Å². The lowest BCUT2D eigenvalue weighted by Crippen LogP contribution is -2.40. The lowest BCUT2D eigenvalue weighted by molar-refractivity contribution is 0.0302. The van der Waals surface area contributed by atoms with E-state index in [-0.39, 0.29) is 24.0 Å². The highest BCUT2D eigenvalue weighted by Gasteiger charge is 2.20. The molecule has 6 nitrogen and oxygen atoms in total. The first kappa shape index (κ1) is 18.2. The van der Waals surface area contributed by atoms with Gasteiger partial charge in [0.1, 0.15) is 0 Å². The predicted octanol–water partition coefficient (Wildman–Crippen LogP) is 2.56. The summed E-state index contributed by atoms with van der Waals surface area (Å²) >= 11 is 0. The second kappa shape index (κ2) is 8.16. The van der Waals surface area contributed by atoms with Gasteiger partial charge < -0.3 is 24.8 Å². The number of nitrogens with zero attached hydrogens (tertiary/aromatic N) is 1. The minimum absolute atomic E-state index is 0.0384. The van der Waals surface area contributed by atoms with Crippen LogP contribution in [0, 0.1) is 5.82 Å². The number of hydrogen-bond donors (Lipinski definition) is 1. The summed E-state index contributed by atoms with van der Waals surface area (Å²) in [6, 6.07) is 9.38. The van der Waals surface area contributed by atoms with Gasteiger partial charge in [-0.25, -0.2) is 4.39 Å². The van der Waals surface area contributed by atoms with Crippen molar-refractivity contribution < 1.29 is 23.4 Å². The molecule has 1 amide bonds. The highest BCUT2D eigenvalue weighted by atomic mass is 19.1. The normalized spacial score (nSPS) is 14.2. The molecule has 0 aliphatic carbocycles. The lowest BCUT2D eigenvalue weighted by atomic mass is 10.1. The number of rotatable bonds is 5. The first-order valence-electron chi connectivity index (χ1n) is 8.34. The summed E-state index contributed by atoms with van der Waals surface area (Å²) in [5.41, 5.74) is 6.62. The SMILES string of the molecule is COc1ccc(C(=O)N2CCOCC2)cc1Oc1ccc(CN)cc1F. The van der Waals surface area contributed by atoms with Gasteiger partial charge in [-0.05, 0) is 35.9 Å². The first-order valence-corrected chi connectivity index (χ1v) is 8.34. The topological polar surface area (TPSA) is 74.0 Å². The summed E-state index contributed by atoms with van der Waals surface area (Å²) in [6.45, 7) is 2.35. The van der Waals surface area contributed by atoms with Gasteiger partial charge in [-0.2, -0.15) is 0 Å². The van der Waals surface area contributed by atoms with Crippen molar-refractivity contribution in [2.45, 2.75) is 6.54 Å². The van der Waals surface area contributed by atoms with Gasteiger partial charge in [0.25, 0.3) is 5.91 Å². The molecule has 26 heavy (non-hydrogen) atoms. The molecule has 0 spiro atoms. The molecule has 1 saturated heterocycles. The highest BCUT2D eigenvalue weighted by Crippen LogP contribution is 2.34. The number of carbonyl (C=O) groups excluding carboxylic acids is 1. The molecular weight excluding hydrogens is 339 g/mol. The molecular formula is C19H21FN2O4. The highest BCUT2D eigenvalue weighted by molar-refractivity contribution is 5.95. The molecule has 138 valence electrons. The molecule has 1 fully saturated rings. The molecule has 0 unspecified atom stereocenters. The van der Waals surface area contributed by atoms with Gasteiger partial charge in [0, 0.05) is 25.2 Å². The van der Waals surface area contributed by atoms with Crippen LogP contribution in [-0.2, 0) is 11.3 Å². The maximum atomic E-state index is 14.2. The van der Waals surface area contributed by atoms with Crippen molar-refractivity contribution in [3.8, 4) is 17.2 Å². The van der Waals surface area contributed by atoms with E-state index >= 15 is 0 Å². The van der Waals surface area contributed by atoms with Crippen LogP contribution in [0.2, 0.25) is 0 Å². The largest absolute Gasteiger partial charge is 0.493 e. The number of halogens is 1. The van der Waals surface area contributed by atoms with Crippen molar-refractivity contribution in [3.63, 3.8) is 0 Å². The van der Waals surface area contributed by atoms with Crippen molar-refractivity contribution in [1.29, 1.82) is 0 Å². The minimum atomic E-state index is -0.528. The van der Waals surface area contributed by atoms with E-state index in [4.69, 9.17) is 19.9 Å². The third-order valence-corrected chi connectivity index (χ3v) is 4.16. The van der Waals surface area contributed by atoms with Gasteiger partial charge in [0.15, 0.2) is 23.1 Å². The molecule has 0 atom stereocenters. The molecule has 2 aromatic carbocycles. The Labute approximate surface area is 151 Å². The summed E-state index contributed by atoms with van der Waals surface area (Å²) in [5, 5.41) is 0.